The predicted molar refractivity (Wildman–Crippen MR) is 130 cm³/mol. The number of phenols is 1. The molecule has 0 bridgehead atoms. The number of para-hydroxylation sites is 2. The zero-order valence-electron chi connectivity index (χ0n) is 18.5. The van der Waals surface area contributed by atoms with Gasteiger partial charge in [0.05, 0.1) is 17.0 Å². The molecule has 0 aromatic heterocycles. The summed E-state index contributed by atoms with van der Waals surface area (Å²) in [6.07, 6.45) is -0.488. The summed E-state index contributed by atoms with van der Waals surface area (Å²) in [7, 11) is 0. The number of ketones is 2. The van der Waals surface area contributed by atoms with Gasteiger partial charge in [-0.2, -0.15) is 0 Å². The lowest BCUT2D eigenvalue weighted by molar-refractivity contribution is 0.0577. The van der Waals surface area contributed by atoms with Gasteiger partial charge in [-0.15, -0.1) is 0 Å². The minimum atomic E-state index is -0.616. The van der Waals surface area contributed by atoms with Crippen LogP contribution < -0.4 is 4.74 Å². The van der Waals surface area contributed by atoms with E-state index in [1.165, 1.54) is 6.07 Å². The highest BCUT2D eigenvalue weighted by molar-refractivity contribution is 6.04. The molecule has 0 radical (unpaired) electrons. The average Bonchev–Trinajstić information content (AvgIpc) is 2.89. The maximum atomic E-state index is 14.0. The average molecular weight is 449 g/mol. The molecule has 4 heteroatoms. The fraction of sp³-hybridized carbons (Fsp3) is 0.133. The molecule has 4 aromatic carbocycles. The van der Waals surface area contributed by atoms with Gasteiger partial charge in [0.1, 0.15) is 17.6 Å². The maximum Gasteiger partial charge on any atom is 0.174 e. The fourth-order valence-corrected chi connectivity index (χ4v) is 4.78. The monoisotopic (exact) mass is 448 g/mol. The van der Waals surface area contributed by atoms with Crippen molar-refractivity contribution in [2.75, 3.05) is 0 Å². The van der Waals surface area contributed by atoms with Gasteiger partial charge in [0.2, 0.25) is 0 Å². The number of rotatable bonds is 6. The standard InChI is InChI=1S/C30H24O4/c31-25-17-9-7-15-22(25)26(32)19-24(20-11-3-1-4-12-20)28-29(33)23-16-8-10-18-27(23)34-30(28)21-13-5-2-6-14-21/h1-18,24,28,30-31H,19H2/t24-,28-,30+/m1/s1. The van der Waals surface area contributed by atoms with E-state index >= 15 is 0 Å². The molecule has 3 atom stereocenters. The molecule has 0 spiro atoms. The van der Waals surface area contributed by atoms with Crippen LogP contribution in [0.2, 0.25) is 0 Å². The number of aromatic hydroxyl groups is 1. The molecule has 1 heterocycles. The van der Waals surface area contributed by atoms with Gasteiger partial charge in [0.15, 0.2) is 11.6 Å². The van der Waals surface area contributed by atoms with Gasteiger partial charge in [-0.25, -0.2) is 0 Å². The molecule has 1 N–H and O–H groups in total. The summed E-state index contributed by atoms with van der Waals surface area (Å²) in [5, 5.41) is 10.3. The Morgan fingerprint density at radius 2 is 1.41 bits per heavy atom. The lowest BCUT2D eigenvalue weighted by Crippen LogP contribution is -2.36. The van der Waals surface area contributed by atoms with Crippen LogP contribution >= 0.6 is 0 Å². The van der Waals surface area contributed by atoms with Crippen molar-refractivity contribution in [3.05, 3.63) is 131 Å². The predicted octanol–water partition coefficient (Wildman–Crippen LogP) is 6.38. The van der Waals surface area contributed by atoms with Crippen LogP contribution in [-0.2, 0) is 0 Å². The van der Waals surface area contributed by atoms with E-state index in [4.69, 9.17) is 4.74 Å². The van der Waals surface area contributed by atoms with Gasteiger partial charge >= 0.3 is 0 Å². The molecule has 5 rings (SSSR count). The number of benzene rings is 4. The number of hydrogen-bond acceptors (Lipinski definition) is 4. The molecule has 0 aliphatic carbocycles. The van der Waals surface area contributed by atoms with Gasteiger partial charge in [-0.1, -0.05) is 84.9 Å². The maximum absolute atomic E-state index is 14.0. The van der Waals surface area contributed by atoms with E-state index in [0.29, 0.717) is 11.3 Å². The zero-order chi connectivity index (χ0) is 23.5. The van der Waals surface area contributed by atoms with E-state index in [-0.39, 0.29) is 29.3 Å². The summed E-state index contributed by atoms with van der Waals surface area (Å²) >= 11 is 0. The van der Waals surface area contributed by atoms with Crippen LogP contribution in [0.4, 0.5) is 0 Å². The highest BCUT2D eigenvalue weighted by Gasteiger charge is 2.44. The lowest BCUT2D eigenvalue weighted by Gasteiger charge is -2.37. The van der Waals surface area contributed by atoms with Gasteiger partial charge in [0, 0.05) is 12.3 Å². The Bertz CT molecular complexity index is 1310. The number of Topliss-reactive ketones (excluding diaryl/α,β-unsaturated/α-hetero) is 2. The second-order valence-electron chi connectivity index (χ2n) is 8.50. The van der Waals surface area contributed by atoms with E-state index in [2.05, 4.69) is 0 Å². The summed E-state index contributed by atoms with van der Waals surface area (Å²) in [5.41, 5.74) is 2.54. The first-order valence-electron chi connectivity index (χ1n) is 11.3. The first-order valence-corrected chi connectivity index (χ1v) is 11.3. The third-order valence-corrected chi connectivity index (χ3v) is 6.43. The normalized spacial score (nSPS) is 17.9. The highest BCUT2D eigenvalue weighted by Crippen LogP contribution is 2.46. The SMILES string of the molecule is O=C(C[C@H](c1ccccc1)[C@@H]1C(=O)c2ccccc2O[C@H]1c1ccccc1)c1ccccc1O. The topological polar surface area (TPSA) is 63.6 Å². The molecule has 1 aliphatic heterocycles. The first-order chi connectivity index (χ1) is 16.6. The molecule has 0 unspecified atom stereocenters. The minimum Gasteiger partial charge on any atom is -0.507 e. The number of ether oxygens (including phenoxy) is 1. The third kappa shape index (κ3) is 4.11. The van der Waals surface area contributed by atoms with Crippen molar-refractivity contribution >= 4 is 11.6 Å². The fourth-order valence-electron chi connectivity index (χ4n) is 4.78. The highest BCUT2D eigenvalue weighted by atomic mass is 16.5. The van der Waals surface area contributed by atoms with Crippen LogP contribution in [0.1, 0.15) is 50.3 Å². The third-order valence-electron chi connectivity index (χ3n) is 6.43. The van der Waals surface area contributed by atoms with Gasteiger partial charge < -0.3 is 9.84 Å². The van der Waals surface area contributed by atoms with Gasteiger partial charge in [-0.3, -0.25) is 9.59 Å². The van der Waals surface area contributed by atoms with Gasteiger partial charge in [-0.05, 0) is 35.4 Å². The smallest absolute Gasteiger partial charge is 0.174 e. The van der Waals surface area contributed by atoms with Crippen LogP contribution in [0.15, 0.2) is 109 Å². The molecule has 0 fully saturated rings. The summed E-state index contributed by atoms with van der Waals surface area (Å²) in [6.45, 7) is 0. The molecule has 0 saturated carbocycles. The van der Waals surface area contributed by atoms with Crippen LogP contribution in [0, 0.1) is 5.92 Å². The number of carbonyl (C=O) groups excluding carboxylic acids is 2. The zero-order valence-corrected chi connectivity index (χ0v) is 18.5. The van der Waals surface area contributed by atoms with E-state index in [1.54, 1.807) is 24.3 Å². The Labute approximate surface area is 198 Å². The van der Waals surface area contributed by atoms with Crippen molar-refractivity contribution in [3.8, 4) is 11.5 Å². The molecule has 4 aromatic rings. The molecule has 0 amide bonds. The van der Waals surface area contributed by atoms with Crippen molar-refractivity contribution in [2.24, 2.45) is 5.92 Å². The quantitative estimate of drug-likeness (QED) is 0.348. The number of phenolic OH excluding ortho intramolecular Hbond substituents is 1. The van der Waals surface area contributed by atoms with Crippen LogP contribution in [0.3, 0.4) is 0 Å². The molecule has 4 nitrogen and oxygen atoms in total. The van der Waals surface area contributed by atoms with Crippen molar-refractivity contribution < 1.29 is 19.4 Å². The molecular weight excluding hydrogens is 424 g/mol. The van der Waals surface area contributed by atoms with Crippen molar-refractivity contribution in [1.29, 1.82) is 0 Å². The van der Waals surface area contributed by atoms with E-state index in [0.717, 1.165) is 11.1 Å². The Balaban J connectivity index is 1.62. The summed E-state index contributed by atoms with van der Waals surface area (Å²) < 4.78 is 6.43. The largest absolute Gasteiger partial charge is 0.507 e. The number of carbonyl (C=O) groups is 2. The summed E-state index contributed by atoms with van der Waals surface area (Å²) in [6, 6.07) is 33.1. The van der Waals surface area contributed by atoms with Crippen LogP contribution in [0.25, 0.3) is 0 Å². The first kappa shape index (κ1) is 21.7. The molecule has 1 aliphatic rings. The number of hydrogen-bond donors (Lipinski definition) is 1. The van der Waals surface area contributed by atoms with Crippen LogP contribution in [0.5, 0.6) is 11.5 Å². The lowest BCUT2D eigenvalue weighted by atomic mass is 9.72. The van der Waals surface area contributed by atoms with E-state index < -0.39 is 17.9 Å². The van der Waals surface area contributed by atoms with Crippen molar-refractivity contribution in [3.63, 3.8) is 0 Å². The Morgan fingerprint density at radius 3 is 2.15 bits per heavy atom. The Morgan fingerprint density at radius 1 is 0.794 bits per heavy atom. The van der Waals surface area contributed by atoms with E-state index in [9.17, 15) is 14.7 Å². The molecule has 34 heavy (non-hydrogen) atoms. The Kier molecular flexibility index (Phi) is 5.96. The Hall–Kier alpha value is -4.18. The minimum absolute atomic E-state index is 0.0466. The number of fused-ring (bicyclic) bond motifs is 1. The van der Waals surface area contributed by atoms with Crippen LogP contribution in [-0.4, -0.2) is 16.7 Å². The molecular formula is C30H24O4. The summed E-state index contributed by atoms with van der Waals surface area (Å²) in [5.74, 6) is -0.833. The van der Waals surface area contributed by atoms with E-state index in [1.807, 2.05) is 78.9 Å². The van der Waals surface area contributed by atoms with Gasteiger partial charge in [0.25, 0.3) is 0 Å². The van der Waals surface area contributed by atoms with Crippen molar-refractivity contribution in [1.82, 2.24) is 0 Å². The second-order valence-corrected chi connectivity index (χ2v) is 8.50. The molecule has 168 valence electrons. The summed E-state index contributed by atoms with van der Waals surface area (Å²) in [4.78, 5) is 27.3. The van der Waals surface area contributed by atoms with Crippen molar-refractivity contribution in [2.45, 2.75) is 18.4 Å². The second kappa shape index (κ2) is 9.36. The molecule has 0 saturated heterocycles.